The lowest BCUT2D eigenvalue weighted by Gasteiger charge is -2.06. The van der Waals surface area contributed by atoms with Gasteiger partial charge in [-0.1, -0.05) is 18.2 Å². The van der Waals surface area contributed by atoms with Crippen LogP contribution in [0.2, 0.25) is 0 Å². The summed E-state index contributed by atoms with van der Waals surface area (Å²) in [5.41, 5.74) is 0.222. The van der Waals surface area contributed by atoms with Crippen LogP contribution in [0.15, 0.2) is 53.7 Å². The molecule has 0 aliphatic carbocycles. The molecular formula is C13H8FIN2O2S. The van der Waals surface area contributed by atoms with Crippen molar-refractivity contribution >= 4 is 43.6 Å². The van der Waals surface area contributed by atoms with Crippen LogP contribution in [0.5, 0.6) is 0 Å². The van der Waals surface area contributed by atoms with E-state index in [1.54, 1.807) is 18.2 Å². The van der Waals surface area contributed by atoms with E-state index in [9.17, 15) is 12.8 Å². The van der Waals surface area contributed by atoms with Crippen LogP contribution in [0, 0.1) is 9.39 Å². The Morgan fingerprint density at radius 3 is 2.60 bits per heavy atom. The number of rotatable bonds is 2. The molecule has 1 aromatic carbocycles. The van der Waals surface area contributed by atoms with Crippen LogP contribution in [-0.2, 0) is 10.0 Å². The number of pyridine rings is 1. The van der Waals surface area contributed by atoms with Gasteiger partial charge in [0.25, 0.3) is 10.0 Å². The molecule has 0 saturated carbocycles. The highest BCUT2D eigenvalue weighted by molar-refractivity contribution is 14.1. The fourth-order valence-electron chi connectivity index (χ4n) is 1.91. The summed E-state index contributed by atoms with van der Waals surface area (Å²) in [6.07, 6.45) is 2.45. The zero-order valence-electron chi connectivity index (χ0n) is 9.99. The fourth-order valence-corrected chi connectivity index (χ4v) is 4.12. The minimum Gasteiger partial charge on any atom is -0.234 e. The summed E-state index contributed by atoms with van der Waals surface area (Å²) in [6.45, 7) is 0. The Balaban J connectivity index is 2.31. The maximum atomic E-state index is 13.2. The molecule has 0 atom stereocenters. The van der Waals surface area contributed by atoms with Gasteiger partial charge in [-0.15, -0.1) is 0 Å². The normalized spacial score (nSPS) is 11.9. The topological polar surface area (TPSA) is 52.0 Å². The van der Waals surface area contributed by atoms with Crippen LogP contribution >= 0.6 is 22.6 Å². The van der Waals surface area contributed by atoms with Gasteiger partial charge < -0.3 is 0 Å². The van der Waals surface area contributed by atoms with Crippen LogP contribution in [0.25, 0.3) is 11.0 Å². The number of fused-ring (bicyclic) bond motifs is 1. The van der Waals surface area contributed by atoms with Crippen molar-refractivity contribution in [1.29, 1.82) is 0 Å². The molecule has 0 amide bonds. The summed E-state index contributed by atoms with van der Waals surface area (Å²) in [4.78, 5) is 4.06. The summed E-state index contributed by atoms with van der Waals surface area (Å²) in [5.74, 6) is -0.495. The highest BCUT2D eigenvalue weighted by Gasteiger charge is 2.21. The Morgan fingerprint density at radius 2 is 1.90 bits per heavy atom. The van der Waals surface area contributed by atoms with E-state index >= 15 is 0 Å². The van der Waals surface area contributed by atoms with Gasteiger partial charge in [-0.3, -0.25) is 0 Å². The molecule has 4 nitrogen and oxygen atoms in total. The van der Waals surface area contributed by atoms with Crippen molar-refractivity contribution in [2.45, 2.75) is 4.90 Å². The maximum absolute atomic E-state index is 13.2. The van der Waals surface area contributed by atoms with Crippen LogP contribution in [0.1, 0.15) is 0 Å². The molecular weight excluding hydrogens is 394 g/mol. The molecule has 0 saturated heterocycles. The minimum absolute atomic E-state index is 0.166. The lowest BCUT2D eigenvalue weighted by atomic mass is 10.3. The second-order valence-electron chi connectivity index (χ2n) is 4.12. The lowest BCUT2D eigenvalue weighted by Crippen LogP contribution is -2.12. The standard InChI is InChI=1S/C13H8FIN2O2S/c14-9-6-11-12(15)8-17(13(11)16-7-9)20(18,19)10-4-2-1-3-5-10/h1-8H. The molecule has 3 aromatic rings. The van der Waals surface area contributed by atoms with E-state index < -0.39 is 15.8 Å². The highest BCUT2D eigenvalue weighted by Crippen LogP contribution is 2.26. The first kappa shape index (κ1) is 13.5. The predicted molar refractivity (Wildman–Crippen MR) is 81.4 cm³/mol. The Morgan fingerprint density at radius 1 is 1.20 bits per heavy atom. The first-order chi connectivity index (χ1) is 9.50. The molecule has 2 aromatic heterocycles. The van der Waals surface area contributed by atoms with E-state index in [0.717, 1.165) is 10.2 Å². The van der Waals surface area contributed by atoms with Crippen molar-refractivity contribution in [2.24, 2.45) is 0 Å². The van der Waals surface area contributed by atoms with E-state index in [1.165, 1.54) is 24.4 Å². The molecule has 0 spiro atoms. The molecule has 20 heavy (non-hydrogen) atoms. The van der Waals surface area contributed by atoms with Gasteiger partial charge in [0.2, 0.25) is 0 Å². The third-order valence-corrected chi connectivity index (χ3v) is 5.35. The SMILES string of the molecule is O=S(=O)(c1ccccc1)n1cc(I)c2cc(F)cnc21. The zero-order valence-corrected chi connectivity index (χ0v) is 13.0. The van der Waals surface area contributed by atoms with Crippen LogP contribution in [0.3, 0.4) is 0 Å². The fraction of sp³-hybridized carbons (Fsp3) is 0. The minimum atomic E-state index is -3.73. The van der Waals surface area contributed by atoms with Gasteiger partial charge in [0.05, 0.1) is 11.1 Å². The molecule has 3 rings (SSSR count). The number of nitrogens with zero attached hydrogens (tertiary/aromatic N) is 2. The highest BCUT2D eigenvalue weighted by atomic mass is 127. The van der Waals surface area contributed by atoms with E-state index in [4.69, 9.17) is 0 Å². The van der Waals surface area contributed by atoms with Gasteiger partial charge >= 0.3 is 0 Å². The third-order valence-electron chi connectivity index (χ3n) is 2.83. The molecule has 0 N–H and O–H groups in total. The molecule has 2 heterocycles. The Kier molecular flexibility index (Phi) is 3.25. The molecule has 102 valence electrons. The molecule has 0 unspecified atom stereocenters. The molecule has 0 aliphatic rings. The Labute approximate surface area is 128 Å². The summed E-state index contributed by atoms with van der Waals surface area (Å²) in [5, 5.41) is 0.477. The molecule has 7 heteroatoms. The third kappa shape index (κ3) is 2.10. The molecule has 0 bridgehead atoms. The summed E-state index contributed by atoms with van der Waals surface area (Å²) < 4.78 is 40.1. The summed E-state index contributed by atoms with van der Waals surface area (Å²) in [7, 11) is -3.73. The van der Waals surface area contributed by atoms with E-state index in [1.807, 2.05) is 22.6 Å². The van der Waals surface area contributed by atoms with Gasteiger partial charge in [0, 0.05) is 15.2 Å². The van der Waals surface area contributed by atoms with E-state index in [2.05, 4.69) is 4.98 Å². The first-order valence-electron chi connectivity index (χ1n) is 5.63. The number of hydrogen-bond acceptors (Lipinski definition) is 3. The Hall–Kier alpha value is -1.48. The largest absolute Gasteiger partial charge is 0.269 e. The van der Waals surface area contributed by atoms with Gasteiger partial charge in [-0.2, -0.15) is 0 Å². The van der Waals surface area contributed by atoms with Crippen molar-refractivity contribution in [3.8, 4) is 0 Å². The number of hydrogen-bond donors (Lipinski definition) is 0. The monoisotopic (exact) mass is 402 g/mol. The molecule has 0 fully saturated rings. The number of aromatic nitrogens is 2. The lowest BCUT2D eigenvalue weighted by molar-refractivity contribution is 0.588. The number of halogens is 2. The molecule has 0 radical (unpaired) electrons. The van der Waals surface area contributed by atoms with Crippen molar-refractivity contribution < 1.29 is 12.8 Å². The maximum Gasteiger partial charge on any atom is 0.269 e. The van der Waals surface area contributed by atoms with Gasteiger partial charge in [-0.25, -0.2) is 21.8 Å². The van der Waals surface area contributed by atoms with Crippen molar-refractivity contribution in [3.63, 3.8) is 0 Å². The van der Waals surface area contributed by atoms with Crippen LogP contribution < -0.4 is 0 Å². The zero-order chi connectivity index (χ0) is 14.3. The van der Waals surface area contributed by atoms with Crippen molar-refractivity contribution in [3.05, 3.63) is 58.2 Å². The van der Waals surface area contributed by atoms with E-state index in [0.29, 0.717) is 8.96 Å². The van der Waals surface area contributed by atoms with Crippen molar-refractivity contribution in [1.82, 2.24) is 8.96 Å². The first-order valence-corrected chi connectivity index (χ1v) is 8.15. The van der Waals surface area contributed by atoms with Gasteiger partial charge in [-0.05, 0) is 40.8 Å². The van der Waals surface area contributed by atoms with Crippen LogP contribution in [-0.4, -0.2) is 17.4 Å². The Bertz CT molecular complexity index is 891. The average Bonchev–Trinajstić information content (AvgIpc) is 2.77. The van der Waals surface area contributed by atoms with Gasteiger partial charge in [0.1, 0.15) is 5.82 Å². The average molecular weight is 402 g/mol. The quantitative estimate of drug-likeness (QED) is 0.620. The smallest absolute Gasteiger partial charge is 0.234 e. The second-order valence-corrected chi connectivity index (χ2v) is 7.09. The number of benzene rings is 1. The van der Waals surface area contributed by atoms with Crippen LogP contribution in [0.4, 0.5) is 4.39 Å². The van der Waals surface area contributed by atoms with Crippen molar-refractivity contribution in [2.75, 3.05) is 0 Å². The van der Waals surface area contributed by atoms with E-state index in [-0.39, 0.29) is 10.5 Å². The van der Waals surface area contributed by atoms with Gasteiger partial charge in [0.15, 0.2) is 5.65 Å². The summed E-state index contributed by atoms with van der Waals surface area (Å²) in [6, 6.07) is 9.34. The molecule has 0 aliphatic heterocycles. The second kappa shape index (κ2) is 4.81. The summed E-state index contributed by atoms with van der Waals surface area (Å²) >= 11 is 1.96. The predicted octanol–water partition coefficient (Wildman–Crippen LogP) is 3.02.